The van der Waals surface area contributed by atoms with Gasteiger partial charge in [-0.2, -0.15) is 0 Å². The molecule has 1 amide bonds. The van der Waals surface area contributed by atoms with Gasteiger partial charge in [0.2, 0.25) is 5.91 Å². The first-order valence-corrected chi connectivity index (χ1v) is 8.23. The SMILES string of the molecule is Cl.O=C(CCC1CCNC1)N(Cc1cccs1)C1CC1. The molecule has 2 aliphatic rings. The van der Waals surface area contributed by atoms with Gasteiger partial charge in [0.1, 0.15) is 0 Å². The molecule has 1 saturated carbocycles. The molecule has 0 aromatic carbocycles. The zero-order valence-corrected chi connectivity index (χ0v) is 13.3. The first-order chi connectivity index (χ1) is 9.33. The van der Waals surface area contributed by atoms with Crippen LogP contribution in [0.15, 0.2) is 17.5 Å². The van der Waals surface area contributed by atoms with Gasteiger partial charge in [-0.15, -0.1) is 23.7 Å². The van der Waals surface area contributed by atoms with Gasteiger partial charge in [0, 0.05) is 17.3 Å². The summed E-state index contributed by atoms with van der Waals surface area (Å²) in [5.41, 5.74) is 0. The monoisotopic (exact) mass is 314 g/mol. The van der Waals surface area contributed by atoms with Crippen molar-refractivity contribution in [3.8, 4) is 0 Å². The van der Waals surface area contributed by atoms with Crippen LogP contribution in [0.5, 0.6) is 0 Å². The number of hydrogen-bond acceptors (Lipinski definition) is 3. The van der Waals surface area contributed by atoms with Crippen molar-refractivity contribution in [2.75, 3.05) is 13.1 Å². The molecular formula is C15H23ClN2OS. The number of carbonyl (C=O) groups excluding carboxylic acids is 1. The highest BCUT2D eigenvalue weighted by molar-refractivity contribution is 7.09. The minimum atomic E-state index is 0. The van der Waals surface area contributed by atoms with E-state index in [0.717, 1.165) is 32.5 Å². The molecule has 3 nitrogen and oxygen atoms in total. The van der Waals surface area contributed by atoms with Crippen LogP contribution in [-0.4, -0.2) is 29.9 Å². The van der Waals surface area contributed by atoms with Crippen molar-refractivity contribution in [2.45, 2.75) is 44.7 Å². The molecule has 0 spiro atoms. The Hall–Kier alpha value is -0.580. The number of hydrogen-bond donors (Lipinski definition) is 1. The Bertz CT molecular complexity index is 414. The van der Waals surface area contributed by atoms with Crippen LogP contribution in [0.25, 0.3) is 0 Å². The number of amides is 1. The number of nitrogens with one attached hydrogen (secondary N) is 1. The lowest BCUT2D eigenvalue weighted by Gasteiger charge is -2.22. The van der Waals surface area contributed by atoms with Crippen molar-refractivity contribution >= 4 is 29.7 Å². The summed E-state index contributed by atoms with van der Waals surface area (Å²) in [6, 6.07) is 4.73. The Labute approximate surface area is 131 Å². The molecule has 2 fully saturated rings. The maximum atomic E-state index is 12.4. The summed E-state index contributed by atoms with van der Waals surface area (Å²) < 4.78 is 0. The van der Waals surface area contributed by atoms with Crippen LogP contribution in [0.2, 0.25) is 0 Å². The van der Waals surface area contributed by atoms with Crippen molar-refractivity contribution in [3.05, 3.63) is 22.4 Å². The lowest BCUT2D eigenvalue weighted by Crippen LogP contribution is -2.32. The minimum absolute atomic E-state index is 0. The lowest BCUT2D eigenvalue weighted by molar-refractivity contribution is -0.132. The van der Waals surface area contributed by atoms with E-state index >= 15 is 0 Å². The molecule has 0 bridgehead atoms. The molecule has 1 atom stereocenters. The smallest absolute Gasteiger partial charge is 0.223 e. The van der Waals surface area contributed by atoms with E-state index < -0.39 is 0 Å². The highest BCUT2D eigenvalue weighted by atomic mass is 35.5. The molecule has 1 saturated heterocycles. The van der Waals surface area contributed by atoms with Gasteiger partial charge in [0.15, 0.2) is 0 Å². The van der Waals surface area contributed by atoms with Gasteiger partial charge < -0.3 is 10.2 Å². The standard InChI is InChI=1S/C15H22N2OS.ClH/c18-15(6-3-12-7-8-16-10-12)17(13-4-5-13)11-14-2-1-9-19-14;/h1-2,9,12-13,16H,3-8,10-11H2;1H. The molecule has 1 unspecified atom stereocenters. The third kappa shape index (κ3) is 4.21. The molecule has 2 heterocycles. The Kier molecular flexibility index (Phi) is 5.87. The molecule has 112 valence electrons. The number of rotatable bonds is 6. The predicted molar refractivity (Wildman–Crippen MR) is 85.3 cm³/mol. The van der Waals surface area contributed by atoms with Crippen LogP contribution < -0.4 is 5.32 Å². The zero-order chi connectivity index (χ0) is 13.1. The van der Waals surface area contributed by atoms with Crippen LogP contribution in [0, 0.1) is 5.92 Å². The van der Waals surface area contributed by atoms with Gasteiger partial charge in [-0.1, -0.05) is 6.07 Å². The summed E-state index contributed by atoms with van der Waals surface area (Å²) in [5.74, 6) is 1.08. The van der Waals surface area contributed by atoms with Gasteiger partial charge in [-0.05, 0) is 56.1 Å². The summed E-state index contributed by atoms with van der Waals surface area (Å²) in [5, 5.41) is 5.47. The third-order valence-electron chi connectivity index (χ3n) is 4.14. The molecule has 1 aromatic rings. The number of nitrogens with zero attached hydrogens (tertiary/aromatic N) is 1. The average Bonchev–Trinajstić information content (AvgIpc) is 2.94. The Morgan fingerprint density at radius 3 is 2.85 bits per heavy atom. The number of halogens is 1. The number of carbonyl (C=O) groups is 1. The number of thiophene rings is 1. The fourth-order valence-electron chi connectivity index (χ4n) is 2.81. The van der Waals surface area contributed by atoms with Gasteiger partial charge in [-0.25, -0.2) is 0 Å². The molecule has 5 heteroatoms. The Morgan fingerprint density at radius 1 is 1.40 bits per heavy atom. The second-order valence-electron chi connectivity index (χ2n) is 5.73. The zero-order valence-electron chi connectivity index (χ0n) is 11.7. The van der Waals surface area contributed by atoms with E-state index in [4.69, 9.17) is 0 Å². The Balaban J connectivity index is 0.00000147. The molecule has 20 heavy (non-hydrogen) atoms. The fraction of sp³-hybridized carbons (Fsp3) is 0.667. The van der Waals surface area contributed by atoms with Gasteiger partial charge in [-0.3, -0.25) is 4.79 Å². The quantitative estimate of drug-likeness (QED) is 0.875. The molecule has 1 aliphatic heterocycles. The van der Waals surface area contributed by atoms with Gasteiger partial charge >= 0.3 is 0 Å². The summed E-state index contributed by atoms with van der Waals surface area (Å²) >= 11 is 1.75. The van der Waals surface area contributed by atoms with E-state index in [0.29, 0.717) is 17.9 Å². The van der Waals surface area contributed by atoms with E-state index in [1.54, 1.807) is 11.3 Å². The summed E-state index contributed by atoms with van der Waals surface area (Å²) in [6.07, 6.45) is 5.42. The van der Waals surface area contributed by atoms with Crippen LogP contribution in [-0.2, 0) is 11.3 Å². The molecule has 1 N–H and O–H groups in total. The normalized spacial score (nSPS) is 21.5. The predicted octanol–water partition coefficient (Wildman–Crippen LogP) is 3.05. The average molecular weight is 315 g/mol. The highest BCUT2D eigenvalue weighted by Crippen LogP contribution is 2.30. The van der Waals surface area contributed by atoms with Crippen molar-refractivity contribution in [3.63, 3.8) is 0 Å². The van der Waals surface area contributed by atoms with Crippen molar-refractivity contribution in [2.24, 2.45) is 5.92 Å². The summed E-state index contributed by atoms with van der Waals surface area (Å²) in [7, 11) is 0. The summed E-state index contributed by atoms with van der Waals surface area (Å²) in [4.78, 5) is 15.8. The van der Waals surface area contributed by atoms with Crippen molar-refractivity contribution < 1.29 is 4.79 Å². The second-order valence-corrected chi connectivity index (χ2v) is 6.76. The largest absolute Gasteiger partial charge is 0.335 e. The first-order valence-electron chi connectivity index (χ1n) is 7.35. The van der Waals surface area contributed by atoms with Crippen LogP contribution in [0.4, 0.5) is 0 Å². The molecular weight excluding hydrogens is 292 g/mol. The van der Waals surface area contributed by atoms with Crippen LogP contribution >= 0.6 is 23.7 Å². The van der Waals surface area contributed by atoms with E-state index in [1.807, 2.05) is 0 Å². The van der Waals surface area contributed by atoms with Crippen molar-refractivity contribution in [1.29, 1.82) is 0 Å². The lowest BCUT2D eigenvalue weighted by atomic mass is 10.0. The van der Waals surface area contributed by atoms with Crippen LogP contribution in [0.3, 0.4) is 0 Å². The maximum Gasteiger partial charge on any atom is 0.223 e. The minimum Gasteiger partial charge on any atom is -0.335 e. The van der Waals surface area contributed by atoms with Crippen molar-refractivity contribution in [1.82, 2.24) is 10.2 Å². The maximum absolute atomic E-state index is 12.4. The van der Waals surface area contributed by atoms with Gasteiger partial charge in [0.05, 0.1) is 6.54 Å². The topological polar surface area (TPSA) is 32.3 Å². The molecule has 3 rings (SSSR count). The summed E-state index contributed by atoms with van der Waals surface area (Å²) in [6.45, 7) is 3.05. The van der Waals surface area contributed by atoms with E-state index in [2.05, 4.69) is 27.7 Å². The van der Waals surface area contributed by atoms with Crippen LogP contribution in [0.1, 0.15) is 37.0 Å². The van der Waals surface area contributed by atoms with E-state index in [9.17, 15) is 4.79 Å². The highest BCUT2D eigenvalue weighted by Gasteiger charge is 2.32. The van der Waals surface area contributed by atoms with Gasteiger partial charge in [0.25, 0.3) is 0 Å². The molecule has 1 aliphatic carbocycles. The Morgan fingerprint density at radius 2 is 2.25 bits per heavy atom. The van der Waals surface area contributed by atoms with E-state index in [1.165, 1.54) is 24.1 Å². The molecule has 1 aromatic heterocycles. The van der Waals surface area contributed by atoms with E-state index in [-0.39, 0.29) is 12.4 Å². The third-order valence-corrected chi connectivity index (χ3v) is 5.00. The first kappa shape index (κ1) is 15.8. The molecule has 0 radical (unpaired) electrons. The second kappa shape index (κ2) is 7.43. The fourth-order valence-corrected chi connectivity index (χ4v) is 3.51.